The van der Waals surface area contributed by atoms with Crippen LogP contribution in [0.1, 0.15) is 23.7 Å². The molecule has 6 nitrogen and oxygen atoms in total. The summed E-state index contributed by atoms with van der Waals surface area (Å²) >= 11 is 0. The van der Waals surface area contributed by atoms with Gasteiger partial charge < -0.3 is 9.30 Å². The Morgan fingerprint density at radius 1 is 1.21 bits per heavy atom. The number of hydrogen-bond donors (Lipinski definition) is 1. The number of hydrogen-bond acceptors (Lipinski definition) is 4. The number of nitrogens with zero attached hydrogens (tertiary/aromatic N) is 1. The summed E-state index contributed by atoms with van der Waals surface area (Å²) in [6.07, 6.45) is 0.150. The Kier molecular flexibility index (Phi) is 7.64. The Morgan fingerprint density at radius 3 is 2.55 bits per heavy atom. The van der Waals surface area contributed by atoms with Gasteiger partial charge >= 0.3 is 35.5 Å². The van der Waals surface area contributed by atoms with E-state index in [1.165, 1.54) is 24.3 Å². The molecule has 1 N–H and O–H groups in total. The van der Waals surface area contributed by atoms with Crippen LogP contribution in [-0.2, 0) is 32.6 Å². The second-order valence-corrected chi connectivity index (χ2v) is 7.77. The van der Waals surface area contributed by atoms with Gasteiger partial charge in [0, 0.05) is 23.0 Å². The Hall–Kier alpha value is -1.71. The van der Waals surface area contributed by atoms with Crippen molar-refractivity contribution < 1.29 is 26.9 Å². The number of aromatic nitrogens is 1. The van der Waals surface area contributed by atoms with E-state index in [1.807, 2.05) is 0 Å². The predicted molar refractivity (Wildman–Crippen MR) is 109 cm³/mol. The summed E-state index contributed by atoms with van der Waals surface area (Å²) in [6, 6.07) is 10.3. The molecule has 0 amide bonds. The number of halogens is 1. The monoisotopic (exact) mass is 429 g/mol. The molecule has 0 bridgehead atoms. The van der Waals surface area contributed by atoms with Crippen molar-refractivity contribution in [2.45, 2.75) is 31.7 Å². The molecule has 0 aliphatic heterocycles. The summed E-state index contributed by atoms with van der Waals surface area (Å²) in [4.78, 5) is 11.8. The maximum atomic E-state index is 13.9. The van der Waals surface area contributed by atoms with Gasteiger partial charge in [-0.2, -0.15) is 8.42 Å². The van der Waals surface area contributed by atoms with Gasteiger partial charge in [0.2, 0.25) is 0 Å². The van der Waals surface area contributed by atoms with Crippen LogP contribution >= 0.6 is 0 Å². The topological polar surface area (TPSA) is 85.6 Å². The molecule has 0 aliphatic rings. The van der Waals surface area contributed by atoms with E-state index in [9.17, 15) is 22.2 Å². The van der Waals surface area contributed by atoms with E-state index in [0.29, 0.717) is 27.7 Å². The molecule has 0 spiro atoms. The molecule has 0 saturated carbocycles. The van der Waals surface area contributed by atoms with Crippen molar-refractivity contribution in [3.8, 4) is 0 Å². The van der Waals surface area contributed by atoms with E-state index in [0.717, 1.165) is 0 Å². The summed E-state index contributed by atoms with van der Waals surface area (Å²) in [5, 5.41) is 0.576. The van der Waals surface area contributed by atoms with E-state index in [1.54, 1.807) is 36.6 Å². The predicted octanol–water partition coefficient (Wildman–Crippen LogP) is 2.84. The van der Waals surface area contributed by atoms with Gasteiger partial charge in [0.25, 0.3) is 10.1 Å². The van der Waals surface area contributed by atoms with Crippen molar-refractivity contribution in [2.75, 3.05) is 6.61 Å². The first-order valence-corrected chi connectivity index (χ1v) is 10.1. The average Bonchev–Trinajstić information content (AvgIpc) is 2.87. The molecule has 1 heterocycles. The quantitative estimate of drug-likeness (QED) is 0.370. The van der Waals surface area contributed by atoms with Gasteiger partial charge in [-0.25, -0.2) is 4.39 Å². The number of esters is 1. The fourth-order valence-corrected chi connectivity index (χ4v) is 4.10. The average molecular weight is 429 g/mol. The first-order valence-electron chi connectivity index (χ1n) is 8.70. The van der Waals surface area contributed by atoms with Gasteiger partial charge in [-0.3, -0.25) is 9.35 Å². The molecule has 3 rings (SSSR count). The molecule has 1 aromatic heterocycles. The second kappa shape index (κ2) is 9.40. The number of rotatable bonds is 6. The van der Waals surface area contributed by atoms with Crippen LogP contribution < -0.4 is 0 Å². The maximum absolute atomic E-state index is 13.9. The van der Waals surface area contributed by atoms with Crippen LogP contribution in [0, 0.1) is 12.7 Å². The number of carbonyl (C=O) groups excluding carboxylic acids is 1. The van der Waals surface area contributed by atoms with Crippen molar-refractivity contribution in [3.05, 3.63) is 65.1 Å². The SMILES string of the molecule is CCOC(=O)Cn1c(C)c(Cc2ccccc2S(=O)(=O)O)c2cc(F)ccc21.[NaH]. The molecule has 3 aromatic rings. The molecule has 150 valence electrons. The molecule has 9 heteroatoms. The van der Waals surface area contributed by atoms with Crippen molar-refractivity contribution in [2.24, 2.45) is 0 Å². The van der Waals surface area contributed by atoms with Crippen LogP contribution in [0.4, 0.5) is 4.39 Å². The minimum atomic E-state index is -4.40. The molecule has 0 fully saturated rings. The van der Waals surface area contributed by atoms with Gasteiger partial charge in [-0.05, 0) is 49.2 Å². The third-order valence-electron chi connectivity index (χ3n) is 4.63. The molecule has 0 saturated heterocycles. The summed E-state index contributed by atoms with van der Waals surface area (Å²) in [5.41, 5.74) is 2.40. The Labute approximate surface area is 190 Å². The number of fused-ring (bicyclic) bond motifs is 1. The van der Waals surface area contributed by atoms with E-state index < -0.39 is 21.9 Å². The summed E-state index contributed by atoms with van der Waals surface area (Å²) in [6.45, 7) is 3.70. The molecular weight excluding hydrogens is 408 g/mol. The Bertz CT molecular complexity index is 1160. The number of ether oxygens (including phenoxy) is 1. The van der Waals surface area contributed by atoms with Crippen LogP contribution in [0.3, 0.4) is 0 Å². The Balaban J connectivity index is 0.00000300. The van der Waals surface area contributed by atoms with Crippen molar-refractivity contribution in [3.63, 3.8) is 0 Å². The summed E-state index contributed by atoms with van der Waals surface area (Å²) in [5.74, 6) is -0.859. The molecule has 29 heavy (non-hydrogen) atoms. The fourth-order valence-electron chi connectivity index (χ4n) is 3.38. The minimum absolute atomic E-state index is 0. The summed E-state index contributed by atoms with van der Waals surface area (Å²) < 4.78 is 53.6. The Morgan fingerprint density at radius 2 is 1.90 bits per heavy atom. The fraction of sp³-hybridized carbons (Fsp3) is 0.250. The van der Waals surface area contributed by atoms with Crippen LogP contribution in [0.5, 0.6) is 0 Å². The van der Waals surface area contributed by atoms with Gasteiger partial charge in [-0.1, -0.05) is 18.2 Å². The molecule has 0 atom stereocenters. The van der Waals surface area contributed by atoms with E-state index in [2.05, 4.69) is 0 Å². The molecule has 2 aromatic carbocycles. The molecule has 0 unspecified atom stereocenters. The zero-order chi connectivity index (χ0) is 20.5. The number of benzene rings is 2. The zero-order valence-corrected chi connectivity index (χ0v) is 16.3. The van der Waals surface area contributed by atoms with Gasteiger partial charge in [0.15, 0.2) is 0 Å². The van der Waals surface area contributed by atoms with Crippen LogP contribution in [-0.4, -0.2) is 59.7 Å². The van der Waals surface area contributed by atoms with Crippen LogP contribution in [0.25, 0.3) is 10.9 Å². The first kappa shape index (κ1) is 23.6. The molecule has 0 radical (unpaired) electrons. The normalized spacial score (nSPS) is 11.3. The van der Waals surface area contributed by atoms with Crippen LogP contribution in [0.15, 0.2) is 47.4 Å². The zero-order valence-electron chi connectivity index (χ0n) is 15.5. The van der Waals surface area contributed by atoms with Crippen LogP contribution in [0.2, 0.25) is 0 Å². The van der Waals surface area contributed by atoms with E-state index in [4.69, 9.17) is 4.74 Å². The second-order valence-electron chi connectivity index (χ2n) is 6.38. The third-order valence-corrected chi connectivity index (χ3v) is 5.58. The van der Waals surface area contributed by atoms with E-state index >= 15 is 0 Å². The van der Waals surface area contributed by atoms with Gasteiger partial charge in [0.05, 0.1) is 11.5 Å². The number of carbonyl (C=O) groups is 1. The van der Waals surface area contributed by atoms with Crippen molar-refractivity contribution >= 4 is 56.5 Å². The van der Waals surface area contributed by atoms with Crippen molar-refractivity contribution in [1.29, 1.82) is 0 Å². The molecular formula is C20H21FNNaO5S. The van der Waals surface area contributed by atoms with Crippen molar-refractivity contribution in [1.82, 2.24) is 4.57 Å². The first-order chi connectivity index (χ1) is 13.2. The third kappa shape index (κ3) is 5.07. The summed E-state index contributed by atoms with van der Waals surface area (Å²) in [7, 11) is -4.40. The van der Waals surface area contributed by atoms with E-state index in [-0.39, 0.29) is 54.0 Å². The molecule has 0 aliphatic carbocycles. The standard InChI is InChI=1S/C20H20FNO5S.Na.H/c1-3-27-20(23)12-22-13(2)16(17-11-15(21)8-9-18(17)22)10-14-6-4-5-7-19(14)28(24,25)26;;/h4-9,11H,3,10,12H2,1-2H3,(H,24,25,26);;. The van der Waals surface area contributed by atoms with Gasteiger partial charge in [-0.15, -0.1) is 0 Å². The van der Waals surface area contributed by atoms with Gasteiger partial charge in [0.1, 0.15) is 12.4 Å².